The topological polar surface area (TPSA) is 39.1 Å². The van der Waals surface area contributed by atoms with Crippen molar-refractivity contribution in [2.24, 2.45) is 0 Å². The monoisotopic (exact) mass is 267 g/mol. The highest BCUT2D eigenvalue weighted by molar-refractivity contribution is 7.11. The van der Waals surface area contributed by atoms with Crippen molar-refractivity contribution < 1.29 is 4.79 Å². The summed E-state index contributed by atoms with van der Waals surface area (Å²) in [6.45, 7) is 3.89. The number of nitrogens with zero attached hydrogens (tertiary/aromatic N) is 1. The summed E-state index contributed by atoms with van der Waals surface area (Å²) in [5.74, 6) is 0. The minimum Gasteiger partial charge on any atom is -0.297 e. The van der Waals surface area contributed by atoms with Crippen molar-refractivity contribution in [3.8, 4) is 5.69 Å². The van der Waals surface area contributed by atoms with Crippen LogP contribution >= 0.6 is 22.9 Å². The summed E-state index contributed by atoms with van der Waals surface area (Å²) < 4.78 is 1.36. The van der Waals surface area contributed by atoms with E-state index in [1.807, 2.05) is 32.0 Å². The molecule has 3 nitrogen and oxygen atoms in total. The number of hydrogen-bond acceptors (Lipinski definition) is 3. The number of hydrogen-bond donors (Lipinski definition) is 0. The number of rotatable bonds is 2. The molecule has 88 valence electrons. The summed E-state index contributed by atoms with van der Waals surface area (Å²) in [5.41, 5.74) is 2.78. The van der Waals surface area contributed by atoms with Crippen LogP contribution in [-0.4, -0.2) is 10.9 Å². The smallest absolute Gasteiger partial charge is 0.297 e. The van der Waals surface area contributed by atoms with Crippen LogP contribution in [0.25, 0.3) is 5.69 Å². The van der Waals surface area contributed by atoms with Crippen LogP contribution in [0.15, 0.2) is 23.0 Å². The van der Waals surface area contributed by atoms with Gasteiger partial charge in [0, 0.05) is 0 Å². The Morgan fingerprint density at radius 2 is 1.82 bits per heavy atom. The number of aryl methyl sites for hydroxylation is 2. The third-order valence-corrected chi connectivity index (χ3v) is 3.70. The Morgan fingerprint density at radius 3 is 2.29 bits per heavy atom. The molecule has 0 radical (unpaired) electrons. The second-order valence-corrected chi connectivity index (χ2v) is 5.17. The van der Waals surface area contributed by atoms with Crippen LogP contribution in [-0.2, 0) is 0 Å². The van der Waals surface area contributed by atoms with E-state index in [1.165, 1.54) is 4.57 Å². The number of aromatic nitrogens is 1. The van der Waals surface area contributed by atoms with E-state index in [1.54, 1.807) is 0 Å². The lowest BCUT2D eigenvalue weighted by molar-refractivity contribution is 0.112. The van der Waals surface area contributed by atoms with Crippen molar-refractivity contribution in [3.63, 3.8) is 0 Å². The summed E-state index contributed by atoms with van der Waals surface area (Å²) >= 11 is 6.87. The molecular formula is C12H10ClNO2S. The van der Waals surface area contributed by atoms with E-state index in [4.69, 9.17) is 11.6 Å². The summed E-state index contributed by atoms with van der Waals surface area (Å²) in [6.07, 6.45) is 0.605. The van der Waals surface area contributed by atoms with E-state index < -0.39 is 0 Å². The van der Waals surface area contributed by atoms with Gasteiger partial charge in [-0.1, -0.05) is 29.0 Å². The fraction of sp³-hybridized carbons (Fsp3) is 0.167. The molecule has 0 N–H and O–H groups in total. The zero-order valence-electron chi connectivity index (χ0n) is 9.36. The first kappa shape index (κ1) is 12.1. The second-order valence-electron chi connectivity index (χ2n) is 3.82. The normalized spacial score (nSPS) is 10.5. The van der Waals surface area contributed by atoms with Crippen molar-refractivity contribution in [3.05, 3.63) is 49.0 Å². The lowest BCUT2D eigenvalue weighted by Crippen LogP contribution is -2.10. The largest absolute Gasteiger partial charge is 0.313 e. The van der Waals surface area contributed by atoms with Gasteiger partial charge >= 0.3 is 4.87 Å². The summed E-state index contributed by atoms with van der Waals surface area (Å²) in [5, 5.41) is 0.181. The number of carbonyl (C=O) groups is 1. The average molecular weight is 268 g/mol. The fourth-order valence-electron chi connectivity index (χ4n) is 1.74. The third-order valence-electron chi connectivity index (χ3n) is 2.35. The minimum absolute atomic E-state index is 0.181. The highest BCUT2D eigenvalue weighted by atomic mass is 35.5. The molecule has 2 rings (SSSR count). The first-order chi connectivity index (χ1) is 8.02. The highest BCUT2D eigenvalue weighted by Gasteiger charge is 2.14. The molecule has 0 saturated carbocycles. The number of benzene rings is 1. The first-order valence-corrected chi connectivity index (χ1v) is 6.17. The van der Waals surface area contributed by atoms with E-state index >= 15 is 0 Å². The molecule has 1 aromatic heterocycles. The van der Waals surface area contributed by atoms with Gasteiger partial charge in [0.05, 0.1) is 5.69 Å². The Morgan fingerprint density at radius 1 is 1.24 bits per heavy atom. The van der Waals surface area contributed by atoms with E-state index in [0.717, 1.165) is 22.5 Å². The SMILES string of the molecule is Cc1cc(C)cc(-n2c(Cl)c(C=O)sc2=O)c1. The Balaban J connectivity index is 2.72. The summed E-state index contributed by atoms with van der Waals surface area (Å²) in [7, 11) is 0. The number of halogens is 1. The van der Waals surface area contributed by atoms with Gasteiger partial charge in [-0.2, -0.15) is 0 Å². The van der Waals surface area contributed by atoms with Crippen molar-refractivity contribution in [1.82, 2.24) is 4.57 Å². The quantitative estimate of drug-likeness (QED) is 0.785. The summed E-state index contributed by atoms with van der Waals surface area (Å²) in [4.78, 5) is 22.5. The fourth-order valence-corrected chi connectivity index (χ4v) is 2.83. The van der Waals surface area contributed by atoms with Gasteiger partial charge in [-0.05, 0) is 37.1 Å². The van der Waals surface area contributed by atoms with Crippen molar-refractivity contribution in [2.45, 2.75) is 13.8 Å². The molecule has 5 heteroatoms. The van der Waals surface area contributed by atoms with Crippen LogP contribution in [0.1, 0.15) is 20.8 Å². The molecule has 0 aliphatic carbocycles. The molecular weight excluding hydrogens is 258 g/mol. The molecule has 0 saturated heterocycles. The van der Waals surface area contributed by atoms with Crippen LogP contribution in [0.4, 0.5) is 0 Å². The van der Waals surface area contributed by atoms with E-state index in [-0.39, 0.29) is 14.9 Å². The van der Waals surface area contributed by atoms with E-state index in [0.29, 0.717) is 12.0 Å². The first-order valence-electron chi connectivity index (χ1n) is 4.98. The molecule has 2 aromatic rings. The van der Waals surface area contributed by atoms with Gasteiger partial charge < -0.3 is 0 Å². The van der Waals surface area contributed by atoms with Crippen LogP contribution in [0.3, 0.4) is 0 Å². The minimum atomic E-state index is -0.248. The van der Waals surface area contributed by atoms with E-state index in [2.05, 4.69) is 0 Å². The average Bonchev–Trinajstić information content (AvgIpc) is 2.52. The molecule has 0 aliphatic heterocycles. The lowest BCUT2D eigenvalue weighted by Gasteiger charge is -2.06. The molecule has 17 heavy (non-hydrogen) atoms. The molecule has 0 unspecified atom stereocenters. The predicted molar refractivity (Wildman–Crippen MR) is 69.8 cm³/mol. The van der Waals surface area contributed by atoms with Crippen LogP contribution in [0.5, 0.6) is 0 Å². The van der Waals surface area contributed by atoms with Gasteiger partial charge in [-0.25, -0.2) is 0 Å². The van der Waals surface area contributed by atoms with Gasteiger partial charge in [0.15, 0.2) is 6.29 Å². The van der Waals surface area contributed by atoms with Crippen LogP contribution in [0.2, 0.25) is 5.15 Å². The van der Waals surface area contributed by atoms with Crippen molar-refractivity contribution in [1.29, 1.82) is 0 Å². The molecule has 0 bridgehead atoms. The Hall–Kier alpha value is -1.39. The molecule has 1 aromatic carbocycles. The maximum atomic E-state index is 11.8. The molecule has 0 amide bonds. The standard InChI is InChI=1S/C12H10ClNO2S/c1-7-3-8(2)5-9(4-7)14-11(13)10(6-15)17-12(14)16/h3-6H,1-2H3. The maximum Gasteiger partial charge on any atom is 0.313 e. The third kappa shape index (κ3) is 2.18. The predicted octanol–water partition coefficient (Wildman–Crippen LogP) is 2.98. The Kier molecular flexibility index (Phi) is 3.17. The van der Waals surface area contributed by atoms with Gasteiger partial charge in [0.1, 0.15) is 10.0 Å². The molecule has 0 atom stereocenters. The lowest BCUT2D eigenvalue weighted by atomic mass is 10.1. The van der Waals surface area contributed by atoms with Crippen LogP contribution in [0, 0.1) is 13.8 Å². The van der Waals surface area contributed by atoms with Gasteiger partial charge in [-0.3, -0.25) is 14.2 Å². The summed E-state index contributed by atoms with van der Waals surface area (Å²) in [6, 6.07) is 5.73. The van der Waals surface area contributed by atoms with Crippen molar-refractivity contribution >= 4 is 29.2 Å². The molecule has 0 aliphatic rings. The van der Waals surface area contributed by atoms with Gasteiger partial charge in [-0.15, -0.1) is 0 Å². The Bertz CT molecular complexity index is 622. The maximum absolute atomic E-state index is 11.8. The molecule has 0 spiro atoms. The zero-order valence-corrected chi connectivity index (χ0v) is 10.9. The van der Waals surface area contributed by atoms with E-state index in [9.17, 15) is 9.59 Å². The van der Waals surface area contributed by atoms with Gasteiger partial charge in [0.2, 0.25) is 0 Å². The van der Waals surface area contributed by atoms with Gasteiger partial charge in [0.25, 0.3) is 0 Å². The molecule has 0 fully saturated rings. The Labute approximate surface area is 107 Å². The second kappa shape index (κ2) is 4.47. The number of aldehydes is 1. The number of carbonyl (C=O) groups excluding carboxylic acids is 1. The number of thiazole rings is 1. The van der Waals surface area contributed by atoms with Crippen LogP contribution < -0.4 is 4.87 Å². The van der Waals surface area contributed by atoms with Crippen molar-refractivity contribution in [2.75, 3.05) is 0 Å². The molecule has 1 heterocycles. The highest BCUT2D eigenvalue weighted by Crippen LogP contribution is 2.22. The zero-order chi connectivity index (χ0) is 12.6.